The molecule has 1 aromatic carbocycles. The molecule has 98 valence electrons. The Morgan fingerprint density at radius 1 is 1.33 bits per heavy atom. The highest BCUT2D eigenvalue weighted by molar-refractivity contribution is 5.60. The Labute approximate surface area is 101 Å². The maximum absolute atomic E-state index is 12.0. The van der Waals surface area contributed by atoms with Crippen LogP contribution in [-0.4, -0.2) is 25.2 Å². The van der Waals surface area contributed by atoms with Gasteiger partial charge in [0.15, 0.2) is 0 Å². The zero-order chi connectivity index (χ0) is 13.2. The van der Waals surface area contributed by atoms with Crippen LogP contribution >= 0.6 is 0 Å². The van der Waals surface area contributed by atoms with Crippen LogP contribution in [0.1, 0.15) is 6.42 Å². The van der Waals surface area contributed by atoms with Crippen LogP contribution < -0.4 is 15.2 Å². The third kappa shape index (κ3) is 3.13. The van der Waals surface area contributed by atoms with E-state index >= 15 is 0 Å². The summed E-state index contributed by atoms with van der Waals surface area (Å²) >= 11 is 0. The van der Waals surface area contributed by atoms with Crippen LogP contribution in [0.4, 0.5) is 18.9 Å². The third-order valence-electron chi connectivity index (χ3n) is 2.53. The molecule has 7 heteroatoms. The molecule has 1 aliphatic heterocycles. The van der Waals surface area contributed by atoms with Crippen molar-refractivity contribution >= 4 is 12.0 Å². The van der Waals surface area contributed by atoms with Gasteiger partial charge in [0.1, 0.15) is 12.0 Å². The highest BCUT2D eigenvalue weighted by atomic mass is 19.4. The van der Waals surface area contributed by atoms with E-state index in [2.05, 4.69) is 10.2 Å². The van der Waals surface area contributed by atoms with Crippen molar-refractivity contribution < 1.29 is 22.7 Å². The number of aldehydes is 1. The summed E-state index contributed by atoms with van der Waals surface area (Å²) in [7, 11) is 0. The number of hydrogen-bond donors (Lipinski definition) is 1. The standard InChI is InChI=1S/C11H11F3N2O2/c12-11(13,14)18-10-3-1-9(2-4-10)16-6-5-8(7-17)15-16/h1-4,7-8,15H,5-6H2. The van der Waals surface area contributed by atoms with Crippen LogP contribution in [0, 0.1) is 0 Å². The van der Waals surface area contributed by atoms with Gasteiger partial charge in [-0.2, -0.15) is 0 Å². The lowest BCUT2D eigenvalue weighted by Gasteiger charge is -2.19. The van der Waals surface area contributed by atoms with Gasteiger partial charge in [-0.1, -0.05) is 0 Å². The van der Waals surface area contributed by atoms with Crippen LogP contribution in [0.2, 0.25) is 0 Å². The average Bonchev–Trinajstić information content (AvgIpc) is 2.76. The van der Waals surface area contributed by atoms with Gasteiger partial charge in [-0.15, -0.1) is 13.2 Å². The van der Waals surface area contributed by atoms with Gasteiger partial charge in [-0.3, -0.25) is 0 Å². The predicted molar refractivity (Wildman–Crippen MR) is 58.1 cm³/mol. The molecule has 1 aliphatic rings. The molecule has 1 N–H and O–H groups in total. The smallest absolute Gasteiger partial charge is 0.406 e. The Balaban J connectivity index is 2.02. The monoisotopic (exact) mass is 260 g/mol. The van der Waals surface area contributed by atoms with Crippen LogP contribution in [0.5, 0.6) is 5.75 Å². The summed E-state index contributed by atoms with van der Waals surface area (Å²) in [5.74, 6) is -0.266. The Hall–Kier alpha value is -1.76. The molecule has 18 heavy (non-hydrogen) atoms. The molecule has 1 atom stereocenters. The van der Waals surface area contributed by atoms with Crippen molar-refractivity contribution in [1.29, 1.82) is 0 Å². The molecular formula is C11H11F3N2O2. The van der Waals surface area contributed by atoms with Crippen LogP contribution in [0.15, 0.2) is 24.3 Å². The van der Waals surface area contributed by atoms with Crippen LogP contribution in [0.25, 0.3) is 0 Å². The summed E-state index contributed by atoms with van der Waals surface area (Å²) in [4.78, 5) is 10.6. The lowest BCUT2D eigenvalue weighted by Crippen LogP contribution is -2.36. The maximum Gasteiger partial charge on any atom is 0.573 e. The number of carbonyl (C=O) groups is 1. The molecule has 1 aromatic rings. The second kappa shape index (κ2) is 4.85. The predicted octanol–water partition coefficient (Wildman–Crippen LogP) is 1.87. The highest BCUT2D eigenvalue weighted by Gasteiger charge is 2.31. The van der Waals surface area contributed by atoms with E-state index in [1.54, 1.807) is 5.01 Å². The third-order valence-corrected chi connectivity index (χ3v) is 2.53. The Morgan fingerprint density at radius 2 is 2.00 bits per heavy atom. The van der Waals surface area contributed by atoms with Gasteiger partial charge in [0.25, 0.3) is 0 Å². The minimum absolute atomic E-state index is 0.240. The van der Waals surface area contributed by atoms with E-state index in [-0.39, 0.29) is 11.8 Å². The van der Waals surface area contributed by atoms with E-state index in [0.717, 1.165) is 6.29 Å². The molecule has 1 unspecified atom stereocenters. The number of carbonyl (C=O) groups excluding carboxylic acids is 1. The number of ether oxygens (including phenoxy) is 1. The molecule has 0 amide bonds. The normalized spacial score (nSPS) is 19.9. The van der Waals surface area contributed by atoms with Gasteiger partial charge in [0.2, 0.25) is 0 Å². The molecule has 0 aromatic heterocycles. The SMILES string of the molecule is O=CC1CCN(c2ccc(OC(F)(F)F)cc2)N1. The number of hydrogen-bond acceptors (Lipinski definition) is 4. The Morgan fingerprint density at radius 3 is 2.50 bits per heavy atom. The van der Waals surface area contributed by atoms with Crippen molar-refractivity contribution in [1.82, 2.24) is 5.43 Å². The van der Waals surface area contributed by atoms with Crippen molar-refractivity contribution in [3.63, 3.8) is 0 Å². The van der Waals surface area contributed by atoms with Crippen molar-refractivity contribution in [3.05, 3.63) is 24.3 Å². The number of benzene rings is 1. The van der Waals surface area contributed by atoms with E-state index in [1.807, 2.05) is 0 Å². The molecule has 1 heterocycles. The molecule has 0 saturated carbocycles. The van der Waals surface area contributed by atoms with Crippen LogP contribution in [-0.2, 0) is 4.79 Å². The minimum atomic E-state index is -4.68. The molecule has 0 aliphatic carbocycles. The van der Waals surface area contributed by atoms with Gasteiger partial charge in [-0.25, -0.2) is 5.43 Å². The zero-order valence-electron chi connectivity index (χ0n) is 9.28. The molecule has 0 bridgehead atoms. The average molecular weight is 260 g/mol. The second-order valence-electron chi connectivity index (χ2n) is 3.85. The molecular weight excluding hydrogens is 249 g/mol. The first kappa shape index (κ1) is 12.7. The number of halogens is 3. The number of nitrogens with zero attached hydrogens (tertiary/aromatic N) is 1. The summed E-state index contributed by atoms with van der Waals surface area (Å²) in [6.07, 6.45) is -3.21. The number of hydrazine groups is 1. The summed E-state index contributed by atoms with van der Waals surface area (Å²) in [5, 5.41) is 1.72. The van der Waals surface area contributed by atoms with Crippen molar-refractivity contribution in [2.45, 2.75) is 18.8 Å². The topological polar surface area (TPSA) is 41.6 Å². The van der Waals surface area contributed by atoms with Gasteiger partial charge in [0.05, 0.1) is 11.7 Å². The van der Waals surface area contributed by atoms with Gasteiger partial charge >= 0.3 is 6.36 Å². The first-order valence-corrected chi connectivity index (χ1v) is 5.33. The van der Waals surface area contributed by atoms with Gasteiger partial charge in [0, 0.05) is 6.54 Å². The van der Waals surface area contributed by atoms with Crippen molar-refractivity contribution in [2.75, 3.05) is 11.6 Å². The number of nitrogens with one attached hydrogen (secondary N) is 1. The molecule has 0 radical (unpaired) electrons. The Bertz CT molecular complexity index is 419. The molecule has 1 fully saturated rings. The van der Waals surface area contributed by atoms with Crippen LogP contribution in [0.3, 0.4) is 0 Å². The summed E-state index contributed by atoms with van der Waals surface area (Å²) in [5.41, 5.74) is 3.62. The molecule has 1 saturated heterocycles. The fraction of sp³-hybridized carbons (Fsp3) is 0.364. The van der Waals surface area contributed by atoms with E-state index in [4.69, 9.17) is 0 Å². The summed E-state index contributed by atoms with van der Waals surface area (Å²) in [6, 6.07) is 5.23. The summed E-state index contributed by atoms with van der Waals surface area (Å²) in [6.45, 7) is 0.628. The zero-order valence-corrected chi connectivity index (χ0v) is 9.28. The second-order valence-corrected chi connectivity index (χ2v) is 3.85. The number of anilines is 1. The fourth-order valence-electron chi connectivity index (χ4n) is 1.73. The first-order valence-electron chi connectivity index (χ1n) is 5.33. The molecule has 2 rings (SSSR count). The first-order chi connectivity index (χ1) is 8.48. The van der Waals surface area contributed by atoms with Gasteiger partial charge < -0.3 is 14.5 Å². The Kier molecular flexibility index (Phi) is 3.42. The maximum atomic E-state index is 12.0. The lowest BCUT2D eigenvalue weighted by atomic mass is 10.2. The quantitative estimate of drug-likeness (QED) is 0.842. The number of rotatable bonds is 3. The summed E-state index contributed by atoms with van der Waals surface area (Å²) < 4.78 is 39.6. The largest absolute Gasteiger partial charge is 0.573 e. The van der Waals surface area contributed by atoms with Crippen molar-refractivity contribution in [2.24, 2.45) is 0 Å². The van der Waals surface area contributed by atoms with E-state index in [0.29, 0.717) is 18.7 Å². The molecule has 0 spiro atoms. The lowest BCUT2D eigenvalue weighted by molar-refractivity contribution is -0.274. The number of alkyl halides is 3. The van der Waals surface area contributed by atoms with Crippen molar-refractivity contribution in [3.8, 4) is 5.75 Å². The van der Waals surface area contributed by atoms with E-state index in [9.17, 15) is 18.0 Å². The van der Waals surface area contributed by atoms with Gasteiger partial charge in [-0.05, 0) is 30.7 Å². The van der Waals surface area contributed by atoms with E-state index in [1.165, 1.54) is 24.3 Å². The minimum Gasteiger partial charge on any atom is -0.406 e. The highest BCUT2D eigenvalue weighted by Crippen LogP contribution is 2.25. The molecule has 4 nitrogen and oxygen atoms in total. The van der Waals surface area contributed by atoms with E-state index < -0.39 is 6.36 Å². The fourth-order valence-corrected chi connectivity index (χ4v) is 1.73.